The van der Waals surface area contributed by atoms with Gasteiger partial charge in [0.2, 0.25) is 11.8 Å². The van der Waals surface area contributed by atoms with E-state index in [1.807, 2.05) is 32.9 Å². The lowest BCUT2D eigenvalue weighted by Gasteiger charge is -2.41. The number of carboxylic acids is 1. The molecule has 1 unspecified atom stereocenters. The number of hydrogen-bond acceptors (Lipinski definition) is 4. The molecule has 4 amide bonds. The van der Waals surface area contributed by atoms with E-state index in [-0.39, 0.29) is 61.9 Å². The van der Waals surface area contributed by atoms with Crippen LogP contribution < -0.4 is 10.6 Å². The van der Waals surface area contributed by atoms with Crippen molar-refractivity contribution in [2.24, 2.45) is 5.92 Å². The van der Waals surface area contributed by atoms with Crippen molar-refractivity contribution in [1.29, 1.82) is 0 Å². The van der Waals surface area contributed by atoms with Crippen LogP contribution in [0.25, 0.3) is 0 Å². The normalized spacial score (nSPS) is 15.6. The van der Waals surface area contributed by atoms with Crippen LogP contribution in [0.15, 0.2) is 42.5 Å². The molecule has 1 fully saturated rings. The number of anilines is 2. The van der Waals surface area contributed by atoms with E-state index in [2.05, 4.69) is 10.6 Å². The third-order valence-electron chi connectivity index (χ3n) is 6.22. The van der Waals surface area contributed by atoms with Crippen LogP contribution in [0.4, 0.5) is 20.6 Å². The summed E-state index contributed by atoms with van der Waals surface area (Å²) in [5, 5.41) is 14.1. The van der Waals surface area contributed by atoms with Gasteiger partial charge in [-0.15, -0.1) is 0 Å². The highest BCUT2D eigenvalue weighted by atomic mass is 19.1. The monoisotopic (exact) mass is 512 g/mol. The fourth-order valence-corrected chi connectivity index (χ4v) is 4.35. The van der Waals surface area contributed by atoms with Gasteiger partial charge >= 0.3 is 12.0 Å². The van der Waals surface area contributed by atoms with Gasteiger partial charge in [-0.25, -0.2) is 9.18 Å². The molecule has 1 atom stereocenters. The van der Waals surface area contributed by atoms with Gasteiger partial charge in [-0.1, -0.05) is 38.1 Å². The van der Waals surface area contributed by atoms with Crippen LogP contribution in [0.3, 0.4) is 0 Å². The number of hydrogen-bond donors (Lipinski definition) is 3. The van der Waals surface area contributed by atoms with Crippen molar-refractivity contribution in [3.63, 3.8) is 0 Å². The molecule has 1 heterocycles. The maximum absolute atomic E-state index is 14.8. The number of nitrogens with one attached hydrogen (secondary N) is 2. The van der Waals surface area contributed by atoms with Crippen LogP contribution in [0.5, 0.6) is 0 Å². The van der Waals surface area contributed by atoms with Gasteiger partial charge in [-0.05, 0) is 48.6 Å². The Labute approximate surface area is 215 Å². The third kappa shape index (κ3) is 7.77. The minimum Gasteiger partial charge on any atom is -0.481 e. The molecule has 0 saturated carbocycles. The van der Waals surface area contributed by atoms with Crippen molar-refractivity contribution in [2.45, 2.75) is 46.1 Å². The SMILES string of the molecule is Cc1ccccc1NC(=O)Nc1ccc(CC(=O)N2CC(=O)N(CCC(=O)O)CC2CC(C)C)cc1F. The zero-order valence-electron chi connectivity index (χ0n) is 21.3. The van der Waals surface area contributed by atoms with Crippen LogP contribution in [-0.4, -0.2) is 64.4 Å². The molecule has 3 N–H and O–H groups in total. The minimum atomic E-state index is -0.987. The number of aryl methyl sites for hydroxylation is 1. The molecule has 10 heteroatoms. The summed E-state index contributed by atoms with van der Waals surface area (Å²) in [6, 6.07) is 10.5. The maximum Gasteiger partial charge on any atom is 0.323 e. The molecule has 3 rings (SSSR count). The second-order valence-corrected chi connectivity index (χ2v) is 9.67. The van der Waals surface area contributed by atoms with Crippen LogP contribution >= 0.6 is 0 Å². The third-order valence-corrected chi connectivity index (χ3v) is 6.22. The smallest absolute Gasteiger partial charge is 0.323 e. The lowest BCUT2D eigenvalue weighted by atomic mass is 9.98. The predicted octanol–water partition coefficient (Wildman–Crippen LogP) is 3.88. The number of carbonyl (C=O) groups excluding carboxylic acids is 3. The van der Waals surface area contributed by atoms with Crippen molar-refractivity contribution in [2.75, 3.05) is 30.3 Å². The Kier molecular flexibility index (Phi) is 9.21. The van der Waals surface area contributed by atoms with Crippen molar-refractivity contribution < 1.29 is 28.7 Å². The van der Waals surface area contributed by atoms with Crippen molar-refractivity contribution >= 4 is 35.2 Å². The minimum absolute atomic E-state index is 0.0257. The molecular formula is C27H33FN4O5. The fourth-order valence-electron chi connectivity index (χ4n) is 4.35. The highest BCUT2D eigenvalue weighted by molar-refractivity contribution is 6.00. The van der Waals surface area contributed by atoms with Gasteiger partial charge in [0.15, 0.2) is 0 Å². The van der Waals surface area contributed by atoms with Gasteiger partial charge < -0.3 is 25.5 Å². The predicted molar refractivity (Wildman–Crippen MR) is 138 cm³/mol. The number of piperazine rings is 1. The Morgan fingerprint density at radius 3 is 2.46 bits per heavy atom. The van der Waals surface area contributed by atoms with Gasteiger partial charge in [0.25, 0.3) is 0 Å². The lowest BCUT2D eigenvalue weighted by molar-refractivity contribution is -0.150. The van der Waals surface area contributed by atoms with Gasteiger partial charge in [0.05, 0.1) is 24.6 Å². The van der Waals surface area contributed by atoms with E-state index in [9.17, 15) is 23.6 Å². The highest BCUT2D eigenvalue weighted by Crippen LogP contribution is 2.22. The Balaban J connectivity index is 1.65. The first-order valence-corrected chi connectivity index (χ1v) is 12.2. The number of aliphatic carboxylic acids is 1. The van der Waals surface area contributed by atoms with E-state index in [0.29, 0.717) is 17.7 Å². The van der Waals surface area contributed by atoms with Gasteiger partial charge in [0, 0.05) is 18.8 Å². The summed E-state index contributed by atoms with van der Waals surface area (Å²) in [7, 11) is 0. The summed E-state index contributed by atoms with van der Waals surface area (Å²) in [4.78, 5) is 52.0. The van der Waals surface area contributed by atoms with E-state index < -0.39 is 17.8 Å². The molecule has 1 aliphatic rings. The van der Waals surface area contributed by atoms with E-state index >= 15 is 0 Å². The molecule has 0 radical (unpaired) electrons. The van der Waals surface area contributed by atoms with Crippen molar-refractivity contribution in [1.82, 2.24) is 9.80 Å². The van der Waals surface area contributed by atoms with E-state index in [0.717, 1.165) is 5.56 Å². The second kappa shape index (κ2) is 12.3. The van der Waals surface area contributed by atoms with Crippen LogP contribution in [0, 0.1) is 18.7 Å². The maximum atomic E-state index is 14.8. The Hall–Kier alpha value is -3.95. The Morgan fingerprint density at radius 1 is 1.11 bits per heavy atom. The molecule has 0 spiro atoms. The lowest BCUT2D eigenvalue weighted by Crippen LogP contribution is -2.58. The summed E-state index contributed by atoms with van der Waals surface area (Å²) < 4.78 is 14.8. The number of carboxylic acid groups (broad SMARTS) is 1. The van der Waals surface area contributed by atoms with Crippen LogP contribution in [-0.2, 0) is 20.8 Å². The fraction of sp³-hybridized carbons (Fsp3) is 0.407. The molecule has 0 aromatic heterocycles. The molecule has 0 aliphatic carbocycles. The number of amides is 4. The molecule has 37 heavy (non-hydrogen) atoms. The largest absolute Gasteiger partial charge is 0.481 e. The molecule has 198 valence electrons. The van der Waals surface area contributed by atoms with Gasteiger partial charge in [-0.3, -0.25) is 14.4 Å². The second-order valence-electron chi connectivity index (χ2n) is 9.67. The van der Waals surface area contributed by atoms with E-state index in [1.165, 1.54) is 21.9 Å². The first kappa shape index (κ1) is 27.6. The standard InChI is InChI=1S/C27H33FN4O5/c1-17(2)12-20-15-31(11-10-26(35)36)25(34)16-32(20)24(33)14-19-8-9-23(21(28)13-19)30-27(37)29-22-7-5-4-6-18(22)3/h4-9,13,17,20H,10-12,14-16H2,1-3H3,(H,35,36)(H2,29,30,37). The molecule has 2 aromatic rings. The average Bonchev–Trinajstić information content (AvgIpc) is 2.82. The zero-order valence-corrected chi connectivity index (χ0v) is 21.3. The molecular weight excluding hydrogens is 479 g/mol. The molecule has 2 aromatic carbocycles. The van der Waals surface area contributed by atoms with E-state index in [4.69, 9.17) is 5.11 Å². The summed E-state index contributed by atoms with van der Waals surface area (Å²) in [6.45, 7) is 6.09. The highest BCUT2D eigenvalue weighted by Gasteiger charge is 2.35. The Bertz CT molecular complexity index is 1170. The number of carbonyl (C=O) groups is 4. The quantitative estimate of drug-likeness (QED) is 0.471. The topological polar surface area (TPSA) is 119 Å². The molecule has 0 bridgehead atoms. The number of rotatable bonds is 9. The first-order valence-electron chi connectivity index (χ1n) is 12.2. The first-order chi connectivity index (χ1) is 17.5. The number of nitrogens with zero attached hydrogens (tertiary/aromatic N) is 2. The summed E-state index contributed by atoms with van der Waals surface area (Å²) in [5.74, 6) is -2.03. The summed E-state index contributed by atoms with van der Waals surface area (Å²) >= 11 is 0. The number of urea groups is 1. The van der Waals surface area contributed by atoms with Crippen molar-refractivity contribution in [3.8, 4) is 0 Å². The summed E-state index contributed by atoms with van der Waals surface area (Å²) in [6.07, 6.45) is 0.385. The number of para-hydroxylation sites is 1. The van der Waals surface area contributed by atoms with E-state index in [1.54, 1.807) is 18.2 Å². The zero-order chi connectivity index (χ0) is 27.1. The molecule has 9 nitrogen and oxygen atoms in total. The Morgan fingerprint density at radius 2 is 1.81 bits per heavy atom. The number of halogens is 1. The molecule has 1 aliphatic heterocycles. The van der Waals surface area contributed by atoms with Crippen LogP contribution in [0.1, 0.15) is 37.8 Å². The molecule has 1 saturated heterocycles. The average molecular weight is 513 g/mol. The van der Waals surface area contributed by atoms with Gasteiger partial charge in [-0.2, -0.15) is 0 Å². The number of benzene rings is 2. The van der Waals surface area contributed by atoms with Gasteiger partial charge in [0.1, 0.15) is 12.4 Å². The van der Waals surface area contributed by atoms with Crippen LogP contribution in [0.2, 0.25) is 0 Å². The van der Waals surface area contributed by atoms with Crippen molar-refractivity contribution in [3.05, 3.63) is 59.4 Å². The summed E-state index contributed by atoms with van der Waals surface area (Å²) in [5.41, 5.74) is 1.86.